The van der Waals surface area contributed by atoms with Crippen LogP contribution in [0.15, 0.2) is 73.9 Å². The first-order valence-electron chi connectivity index (χ1n) is 13.7. The van der Waals surface area contributed by atoms with Crippen molar-refractivity contribution in [1.29, 1.82) is 0 Å². The van der Waals surface area contributed by atoms with Gasteiger partial charge in [-0.25, -0.2) is 15.0 Å². The number of nitrogen functional groups attached to an aromatic ring is 1. The highest BCUT2D eigenvalue weighted by Crippen LogP contribution is 2.40. The number of imidazole rings is 1. The van der Waals surface area contributed by atoms with Crippen LogP contribution >= 0.6 is 0 Å². The Kier molecular flexibility index (Phi) is 11.6. The zero-order valence-electron chi connectivity index (χ0n) is 24.9. The molecule has 244 valence electrons. The highest BCUT2D eigenvalue weighted by Gasteiger charge is 2.35. The van der Waals surface area contributed by atoms with Crippen LogP contribution in [-0.4, -0.2) is 66.7 Å². The highest BCUT2D eigenvalue weighted by molar-refractivity contribution is 6.04. The van der Waals surface area contributed by atoms with Gasteiger partial charge in [-0.2, -0.15) is 13.2 Å². The lowest BCUT2D eigenvalue weighted by Crippen LogP contribution is -2.29. The number of fused-ring (bicyclic) bond motifs is 1. The number of nitrogens with one attached hydrogen (secondary N) is 1. The zero-order chi connectivity index (χ0) is 34.2. The number of hydrogen-bond acceptors (Lipinski definition) is 10. The minimum Gasteiger partial charge on any atom is -0.512 e. The Balaban J connectivity index is 0.00000139. The molecule has 4 aromatic rings. The maximum absolute atomic E-state index is 13.1. The largest absolute Gasteiger partial charge is 0.512 e. The normalized spacial score (nSPS) is 17.5. The first kappa shape index (κ1) is 35.2. The van der Waals surface area contributed by atoms with Crippen LogP contribution in [0.1, 0.15) is 41.0 Å². The van der Waals surface area contributed by atoms with Gasteiger partial charge in [0.25, 0.3) is 5.91 Å². The molecule has 0 spiro atoms. The molecule has 1 amide bonds. The van der Waals surface area contributed by atoms with Crippen molar-refractivity contribution in [3.63, 3.8) is 0 Å². The van der Waals surface area contributed by atoms with E-state index in [0.29, 0.717) is 28.9 Å². The molecule has 0 aliphatic heterocycles. The van der Waals surface area contributed by atoms with Gasteiger partial charge in [0.05, 0.1) is 35.9 Å². The van der Waals surface area contributed by atoms with Crippen molar-refractivity contribution in [1.82, 2.24) is 19.4 Å². The topological polar surface area (TPSA) is 185 Å². The first-order valence-corrected chi connectivity index (χ1v) is 13.7. The molecular weight excluding hydrogens is 609 g/mol. The van der Waals surface area contributed by atoms with Crippen LogP contribution in [0.5, 0.6) is 5.75 Å². The average molecular weight is 643 g/mol. The summed E-state index contributed by atoms with van der Waals surface area (Å²) in [4.78, 5) is 36.9. The van der Waals surface area contributed by atoms with Gasteiger partial charge in [-0.15, -0.1) is 13.2 Å². The van der Waals surface area contributed by atoms with E-state index in [1.165, 1.54) is 24.4 Å². The summed E-state index contributed by atoms with van der Waals surface area (Å²) < 4.78 is 46.7. The number of aromatic nitrogens is 4. The maximum atomic E-state index is 13.1. The lowest BCUT2D eigenvalue weighted by atomic mass is 9.85. The number of alkyl halides is 3. The van der Waals surface area contributed by atoms with Gasteiger partial charge in [-0.3, -0.25) is 9.20 Å². The molecule has 3 aromatic heterocycles. The number of halogens is 3. The summed E-state index contributed by atoms with van der Waals surface area (Å²) in [7, 11) is 1.00. The second-order valence-electron chi connectivity index (χ2n) is 9.54. The number of rotatable bonds is 7. The van der Waals surface area contributed by atoms with Crippen molar-refractivity contribution in [2.24, 2.45) is 5.92 Å². The average Bonchev–Trinajstić information content (AvgIpc) is 3.44. The summed E-state index contributed by atoms with van der Waals surface area (Å²) in [5, 5.41) is 30.5. The molecule has 0 saturated carbocycles. The van der Waals surface area contributed by atoms with Gasteiger partial charge in [-0.1, -0.05) is 0 Å². The summed E-state index contributed by atoms with van der Waals surface area (Å²) in [6.07, 6.45) is 0.284. The molecule has 6 N–H and O–H groups in total. The molecule has 1 aliphatic rings. The fourth-order valence-electron chi connectivity index (χ4n) is 4.83. The summed E-state index contributed by atoms with van der Waals surface area (Å²) in [6.45, 7) is 7.93. The van der Waals surface area contributed by atoms with Crippen molar-refractivity contribution in [2.75, 3.05) is 24.8 Å². The van der Waals surface area contributed by atoms with Crippen LogP contribution in [0.2, 0.25) is 0 Å². The van der Waals surface area contributed by atoms with Gasteiger partial charge in [0, 0.05) is 36.8 Å². The highest BCUT2D eigenvalue weighted by atomic mass is 19.4. The maximum Gasteiger partial charge on any atom is 0.416 e. The molecule has 3 heterocycles. The number of aldehydes is 1. The number of benzene rings is 1. The lowest BCUT2D eigenvalue weighted by Gasteiger charge is -2.27. The van der Waals surface area contributed by atoms with Crippen LogP contribution in [0.25, 0.3) is 16.8 Å². The molecule has 15 heteroatoms. The Bertz CT molecular complexity index is 1720. The van der Waals surface area contributed by atoms with E-state index in [1.807, 2.05) is 0 Å². The van der Waals surface area contributed by atoms with E-state index in [2.05, 4.69) is 28.4 Å². The summed E-state index contributed by atoms with van der Waals surface area (Å²) in [5.74, 6) is -2.15. The van der Waals surface area contributed by atoms with E-state index in [-0.39, 0.29) is 41.7 Å². The monoisotopic (exact) mass is 642 g/mol. The van der Waals surface area contributed by atoms with Gasteiger partial charge in [0.2, 0.25) is 0 Å². The first-order chi connectivity index (χ1) is 22.0. The van der Waals surface area contributed by atoms with E-state index in [0.717, 1.165) is 25.4 Å². The van der Waals surface area contributed by atoms with Gasteiger partial charge < -0.3 is 35.9 Å². The molecule has 0 saturated heterocycles. The molecular formula is C31H33F3N6O6. The number of nitrogens with two attached hydrogens (primary N) is 1. The van der Waals surface area contributed by atoms with Crippen LogP contribution < -0.4 is 15.8 Å². The number of aliphatic hydroxyl groups excluding tert-OH is 3. The lowest BCUT2D eigenvalue weighted by molar-refractivity contribution is -0.137. The molecule has 5 rings (SSSR count). The molecule has 12 nitrogen and oxygen atoms in total. The zero-order valence-corrected chi connectivity index (χ0v) is 24.9. The Hall–Kier alpha value is -5.28. The number of ether oxygens (including phenoxy) is 1. The number of hydrogen-bond donors (Lipinski definition) is 5. The SMILES string of the molecule is C=C.CCOc1cc(C(=O)Nc2cc(C(F)(F)F)ccn2)ccc1-c1nc(C2C=C(O)C(C=O)CC2O)n2ccnc(N)c12.CO. The summed E-state index contributed by atoms with van der Waals surface area (Å²) in [5.41, 5.74) is 6.45. The fraction of sp³-hybridized carbons (Fsp3) is 0.258. The Morgan fingerprint density at radius 1 is 1.20 bits per heavy atom. The second-order valence-corrected chi connectivity index (χ2v) is 9.54. The third-order valence-corrected chi connectivity index (χ3v) is 6.84. The number of aliphatic hydroxyl groups is 3. The van der Waals surface area contributed by atoms with Crippen LogP contribution in [0.4, 0.5) is 24.8 Å². The Morgan fingerprint density at radius 3 is 2.57 bits per heavy atom. The molecule has 3 atom stereocenters. The smallest absolute Gasteiger partial charge is 0.416 e. The molecule has 0 bridgehead atoms. The van der Waals surface area contributed by atoms with Crippen molar-refractivity contribution in [3.8, 4) is 17.0 Å². The van der Waals surface area contributed by atoms with E-state index in [4.69, 9.17) is 20.6 Å². The number of anilines is 2. The standard InChI is InChI=1S/C28H25F3N6O5.C2H4.CH4O/c1-2-42-21-10-14(27(41)35-22-11-16(5-6-33-22)28(29,30)31)3-4-17(21)23-24-25(32)34-7-8-37(24)26(36-23)18-12-19(39)15(13-38)9-20(18)40;2*1-2/h3-8,10-13,15,18,20,39-40H,2,9H2,1H3,(H2,32,34)(H,33,35,41);1-2H2;2H,1H3. The van der Waals surface area contributed by atoms with Crippen molar-refractivity contribution >= 4 is 29.3 Å². The Labute approximate surface area is 261 Å². The second kappa shape index (κ2) is 15.1. The molecule has 3 unspecified atom stereocenters. The molecule has 0 radical (unpaired) electrons. The van der Waals surface area contributed by atoms with Gasteiger partial charge in [-0.05, 0) is 49.8 Å². The van der Waals surface area contributed by atoms with Crippen LogP contribution in [0, 0.1) is 5.92 Å². The van der Waals surface area contributed by atoms with Crippen LogP contribution in [0.3, 0.4) is 0 Å². The molecule has 1 aromatic carbocycles. The van der Waals surface area contributed by atoms with Crippen LogP contribution in [-0.2, 0) is 11.0 Å². The molecule has 1 aliphatic carbocycles. The quantitative estimate of drug-likeness (QED) is 0.141. The van der Waals surface area contributed by atoms with Gasteiger partial charge in [0.1, 0.15) is 40.7 Å². The predicted octanol–water partition coefficient (Wildman–Crippen LogP) is 4.56. The number of carbonyl (C=O) groups excluding carboxylic acids is 2. The van der Waals surface area contributed by atoms with Crippen molar-refractivity contribution in [3.05, 3.63) is 90.9 Å². The van der Waals surface area contributed by atoms with E-state index in [9.17, 15) is 33.0 Å². The Morgan fingerprint density at radius 2 is 1.91 bits per heavy atom. The van der Waals surface area contributed by atoms with E-state index in [1.54, 1.807) is 23.6 Å². The van der Waals surface area contributed by atoms with Gasteiger partial charge in [0.15, 0.2) is 0 Å². The van der Waals surface area contributed by atoms with E-state index >= 15 is 0 Å². The summed E-state index contributed by atoms with van der Waals surface area (Å²) in [6, 6.07) is 5.92. The molecule has 0 fully saturated rings. The van der Waals surface area contributed by atoms with Crippen molar-refractivity contribution in [2.45, 2.75) is 31.5 Å². The number of pyridine rings is 1. The molecule has 46 heavy (non-hydrogen) atoms. The van der Waals surface area contributed by atoms with E-state index < -0.39 is 35.6 Å². The summed E-state index contributed by atoms with van der Waals surface area (Å²) >= 11 is 0. The number of allylic oxidation sites excluding steroid dienone is 1. The minimum atomic E-state index is -4.60. The number of amides is 1. The van der Waals surface area contributed by atoms with Crippen molar-refractivity contribution < 1.29 is 42.8 Å². The minimum absolute atomic E-state index is 0.00392. The third kappa shape index (κ3) is 7.33. The number of carbonyl (C=O) groups is 2. The third-order valence-electron chi connectivity index (χ3n) is 6.84. The van der Waals surface area contributed by atoms with Gasteiger partial charge >= 0.3 is 6.18 Å². The number of nitrogens with zero attached hydrogens (tertiary/aromatic N) is 4. The predicted molar refractivity (Wildman–Crippen MR) is 164 cm³/mol. The fourth-order valence-corrected chi connectivity index (χ4v) is 4.83.